The van der Waals surface area contributed by atoms with Crippen molar-refractivity contribution in [3.8, 4) is 0 Å². The first-order valence-electron chi connectivity index (χ1n) is 7.55. The first-order chi connectivity index (χ1) is 10.6. The molecule has 1 saturated carbocycles. The standard InChI is InChI=1S/C16H23F2N3S.HI/c1-19-16(21-14-3-4-15(10-14)22-2)20-6-5-11-7-12(17)9-13(18)8-11;/h7-9,14-15H,3-6,10H2,1-2H3,(H2,19,20,21);1H. The van der Waals surface area contributed by atoms with Crippen molar-refractivity contribution in [3.05, 3.63) is 35.4 Å². The van der Waals surface area contributed by atoms with Crippen LogP contribution < -0.4 is 10.6 Å². The summed E-state index contributed by atoms with van der Waals surface area (Å²) in [6, 6.07) is 4.07. The molecule has 2 atom stereocenters. The van der Waals surface area contributed by atoms with Gasteiger partial charge in [-0.1, -0.05) is 0 Å². The quantitative estimate of drug-likeness (QED) is 0.405. The monoisotopic (exact) mass is 455 g/mol. The highest BCUT2D eigenvalue weighted by molar-refractivity contribution is 14.0. The molecule has 2 N–H and O–H groups in total. The lowest BCUT2D eigenvalue weighted by Gasteiger charge is -2.17. The summed E-state index contributed by atoms with van der Waals surface area (Å²) >= 11 is 1.92. The topological polar surface area (TPSA) is 36.4 Å². The van der Waals surface area contributed by atoms with Gasteiger partial charge in [-0.2, -0.15) is 11.8 Å². The number of hydrogen-bond donors (Lipinski definition) is 2. The Labute approximate surface area is 158 Å². The second-order valence-electron chi connectivity index (χ2n) is 5.54. The molecular weight excluding hydrogens is 431 g/mol. The Hall–Kier alpha value is -0.570. The Morgan fingerprint density at radius 1 is 1.26 bits per heavy atom. The maximum Gasteiger partial charge on any atom is 0.191 e. The van der Waals surface area contributed by atoms with Gasteiger partial charge in [-0.15, -0.1) is 24.0 Å². The molecule has 0 amide bonds. The number of benzene rings is 1. The molecule has 0 heterocycles. The first-order valence-corrected chi connectivity index (χ1v) is 8.84. The van der Waals surface area contributed by atoms with Gasteiger partial charge in [-0.25, -0.2) is 8.78 Å². The third kappa shape index (κ3) is 6.82. The zero-order chi connectivity index (χ0) is 15.9. The number of hydrogen-bond acceptors (Lipinski definition) is 2. The lowest BCUT2D eigenvalue weighted by Crippen LogP contribution is -2.43. The number of thioether (sulfide) groups is 1. The van der Waals surface area contributed by atoms with Gasteiger partial charge in [-0.05, 0) is 49.6 Å². The molecule has 2 unspecified atom stereocenters. The van der Waals surface area contributed by atoms with Crippen molar-refractivity contribution in [2.75, 3.05) is 19.8 Å². The Kier molecular flexibility index (Phi) is 9.19. The Balaban J connectivity index is 0.00000264. The minimum atomic E-state index is -0.536. The zero-order valence-electron chi connectivity index (χ0n) is 13.4. The van der Waals surface area contributed by atoms with Gasteiger partial charge in [-0.3, -0.25) is 4.99 Å². The van der Waals surface area contributed by atoms with Gasteiger partial charge in [0.05, 0.1) is 0 Å². The zero-order valence-corrected chi connectivity index (χ0v) is 16.6. The fourth-order valence-corrected chi connectivity index (χ4v) is 3.55. The van der Waals surface area contributed by atoms with E-state index in [1.165, 1.54) is 18.6 Å². The van der Waals surface area contributed by atoms with E-state index >= 15 is 0 Å². The number of aliphatic imine (C=N–C) groups is 1. The summed E-state index contributed by atoms with van der Waals surface area (Å²) in [5.41, 5.74) is 0.642. The predicted octanol–water partition coefficient (Wildman–Crippen LogP) is 3.57. The molecule has 1 aromatic rings. The predicted molar refractivity (Wildman–Crippen MR) is 105 cm³/mol. The van der Waals surface area contributed by atoms with Gasteiger partial charge in [0.2, 0.25) is 0 Å². The summed E-state index contributed by atoms with van der Waals surface area (Å²) in [6.45, 7) is 0.585. The summed E-state index contributed by atoms with van der Waals surface area (Å²) < 4.78 is 26.2. The third-order valence-electron chi connectivity index (χ3n) is 3.91. The Bertz CT molecular complexity index is 508. The van der Waals surface area contributed by atoms with Gasteiger partial charge in [0, 0.05) is 31.0 Å². The molecule has 1 aliphatic rings. The molecule has 23 heavy (non-hydrogen) atoms. The summed E-state index contributed by atoms with van der Waals surface area (Å²) in [6.07, 6.45) is 6.24. The van der Waals surface area contributed by atoms with Crippen molar-refractivity contribution in [2.45, 2.75) is 37.0 Å². The van der Waals surface area contributed by atoms with E-state index in [-0.39, 0.29) is 24.0 Å². The molecule has 3 nitrogen and oxygen atoms in total. The highest BCUT2D eigenvalue weighted by atomic mass is 127. The van der Waals surface area contributed by atoms with E-state index in [2.05, 4.69) is 21.9 Å². The Morgan fingerprint density at radius 3 is 2.52 bits per heavy atom. The maximum atomic E-state index is 13.1. The maximum absolute atomic E-state index is 13.1. The molecule has 0 radical (unpaired) electrons. The van der Waals surface area contributed by atoms with E-state index in [4.69, 9.17) is 0 Å². The van der Waals surface area contributed by atoms with Crippen LogP contribution in [0.25, 0.3) is 0 Å². The van der Waals surface area contributed by atoms with Crippen molar-refractivity contribution in [1.29, 1.82) is 0 Å². The van der Waals surface area contributed by atoms with Gasteiger partial charge in [0.25, 0.3) is 0 Å². The molecule has 7 heteroatoms. The van der Waals surface area contributed by atoms with Crippen LogP contribution in [0.3, 0.4) is 0 Å². The minimum absolute atomic E-state index is 0. The lowest BCUT2D eigenvalue weighted by atomic mass is 10.1. The van der Waals surface area contributed by atoms with Crippen molar-refractivity contribution >= 4 is 41.7 Å². The molecule has 0 bridgehead atoms. The molecule has 1 fully saturated rings. The van der Waals surface area contributed by atoms with Crippen LogP contribution in [0.4, 0.5) is 8.78 Å². The number of nitrogens with zero attached hydrogens (tertiary/aromatic N) is 1. The van der Waals surface area contributed by atoms with Crippen LogP contribution in [0.2, 0.25) is 0 Å². The lowest BCUT2D eigenvalue weighted by molar-refractivity contribution is 0.578. The molecule has 0 aromatic heterocycles. The largest absolute Gasteiger partial charge is 0.356 e. The molecular formula is C16H24F2IN3S. The van der Waals surface area contributed by atoms with Gasteiger partial charge < -0.3 is 10.6 Å². The molecule has 0 spiro atoms. The van der Waals surface area contributed by atoms with Crippen molar-refractivity contribution in [1.82, 2.24) is 10.6 Å². The summed E-state index contributed by atoms with van der Waals surface area (Å²) in [4.78, 5) is 4.21. The first kappa shape index (κ1) is 20.5. The van der Waals surface area contributed by atoms with Crippen LogP contribution in [0.1, 0.15) is 24.8 Å². The van der Waals surface area contributed by atoms with Crippen LogP contribution in [0.15, 0.2) is 23.2 Å². The second-order valence-corrected chi connectivity index (χ2v) is 6.68. The van der Waals surface area contributed by atoms with Crippen molar-refractivity contribution in [3.63, 3.8) is 0 Å². The second kappa shape index (κ2) is 10.3. The van der Waals surface area contributed by atoms with E-state index in [9.17, 15) is 8.78 Å². The molecule has 0 saturated heterocycles. The van der Waals surface area contributed by atoms with Gasteiger partial charge >= 0.3 is 0 Å². The smallest absolute Gasteiger partial charge is 0.191 e. The SMILES string of the molecule is CN=C(NCCc1cc(F)cc(F)c1)NC1CCC(SC)C1.I. The van der Waals surface area contributed by atoms with Crippen LogP contribution in [0, 0.1) is 11.6 Å². The number of nitrogens with one attached hydrogen (secondary N) is 2. The van der Waals surface area contributed by atoms with Gasteiger partial charge in [0.15, 0.2) is 5.96 Å². The van der Waals surface area contributed by atoms with E-state index in [1.54, 1.807) is 7.05 Å². The molecule has 1 aromatic carbocycles. The van der Waals surface area contributed by atoms with E-state index in [0.29, 0.717) is 24.6 Å². The normalized spacial score (nSPS) is 21.0. The highest BCUT2D eigenvalue weighted by Gasteiger charge is 2.24. The summed E-state index contributed by atoms with van der Waals surface area (Å²) in [5, 5.41) is 7.35. The van der Waals surface area contributed by atoms with Crippen LogP contribution in [0.5, 0.6) is 0 Å². The van der Waals surface area contributed by atoms with Crippen LogP contribution in [-0.4, -0.2) is 37.1 Å². The molecule has 130 valence electrons. The highest BCUT2D eigenvalue weighted by Crippen LogP contribution is 2.27. The van der Waals surface area contributed by atoms with Gasteiger partial charge in [0.1, 0.15) is 11.6 Å². The summed E-state index contributed by atoms with van der Waals surface area (Å²) in [5.74, 6) is -0.318. The average Bonchev–Trinajstić information content (AvgIpc) is 2.93. The van der Waals surface area contributed by atoms with Crippen molar-refractivity contribution in [2.24, 2.45) is 4.99 Å². The fourth-order valence-electron chi connectivity index (χ4n) is 2.75. The molecule has 1 aliphatic carbocycles. The number of halogens is 3. The average molecular weight is 455 g/mol. The minimum Gasteiger partial charge on any atom is -0.356 e. The van der Waals surface area contributed by atoms with Crippen molar-refractivity contribution < 1.29 is 8.78 Å². The van der Waals surface area contributed by atoms with E-state index in [0.717, 1.165) is 30.1 Å². The number of guanidine groups is 1. The summed E-state index contributed by atoms with van der Waals surface area (Å²) in [7, 11) is 1.73. The molecule has 0 aliphatic heterocycles. The Morgan fingerprint density at radius 2 is 1.96 bits per heavy atom. The third-order valence-corrected chi connectivity index (χ3v) is 5.01. The molecule has 2 rings (SSSR count). The van der Waals surface area contributed by atoms with Crippen LogP contribution >= 0.6 is 35.7 Å². The van der Waals surface area contributed by atoms with E-state index < -0.39 is 11.6 Å². The van der Waals surface area contributed by atoms with E-state index in [1.807, 2.05) is 11.8 Å². The number of rotatable bonds is 5. The van der Waals surface area contributed by atoms with Crippen LogP contribution in [-0.2, 0) is 6.42 Å². The fraction of sp³-hybridized carbons (Fsp3) is 0.562.